The highest BCUT2D eigenvalue weighted by molar-refractivity contribution is 6.30. The molecule has 2 amide bonds. The Kier molecular flexibility index (Phi) is 8.12. The molecule has 1 N–H and O–H groups in total. The van der Waals surface area contributed by atoms with Crippen LogP contribution in [0.4, 0.5) is 0 Å². The zero-order valence-corrected chi connectivity index (χ0v) is 18.8. The van der Waals surface area contributed by atoms with Crippen molar-refractivity contribution < 1.29 is 19.1 Å². The lowest BCUT2D eigenvalue weighted by Gasteiger charge is -2.31. The van der Waals surface area contributed by atoms with Crippen LogP contribution in [0.5, 0.6) is 11.5 Å². The fourth-order valence-electron chi connectivity index (χ4n) is 2.79. The molecular weight excluding hydrogens is 404 g/mol. The minimum atomic E-state index is -0.685. The molecule has 0 fully saturated rings. The number of nitrogens with one attached hydrogen (secondary N) is 1. The molecule has 30 heavy (non-hydrogen) atoms. The van der Waals surface area contributed by atoms with E-state index in [2.05, 4.69) is 5.32 Å². The van der Waals surface area contributed by atoms with E-state index in [0.29, 0.717) is 16.5 Å². The maximum Gasteiger partial charge on any atom is 0.261 e. The Balaban J connectivity index is 2.15. The molecule has 1 atom stereocenters. The first kappa shape index (κ1) is 23.5. The molecule has 7 heteroatoms. The summed E-state index contributed by atoms with van der Waals surface area (Å²) in [5.74, 6) is 0.701. The van der Waals surface area contributed by atoms with Crippen molar-refractivity contribution in [3.05, 3.63) is 59.1 Å². The van der Waals surface area contributed by atoms with Crippen LogP contribution in [-0.2, 0) is 16.1 Å². The number of benzene rings is 2. The molecule has 0 aromatic heterocycles. The van der Waals surface area contributed by atoms with Crippen molar-refractivity contribution in [2.24, 2.45) is 0 Å². The van der Waals surface area contributed by atoms with Gasteiger partial charge in [0.1, 0.15) is 17.5 Å². The van der Waals surface area contributed by atoms with Crippen LogP contribution in [0.15, 0.2) is 48.5 Å². The summed E-state index contributed by atoms with van der Waals surface area (Å²) in [6.07, 6.45) is 0. The number of amides is 2. The molecule has 0 aliphatic rings. The summed E-state index contributed by atoms with van der Waals surface area (Å²) < 4.78 is 10.8. The van der Waals surface area contributed by atoms with Gasteiger partial charge in [-0.15, -0.1) is 0 Å². The third-order valence-electron chi connectivity index (χ3n) is 4.33. The molecule has 2 aromatic rings. The molecule has 0 heterocycles. The zero-order chi connectivity index (χ0) is 22.3. The van der Waals surface area contributed by atoms with E-state index in [9.17, 15) is 9.59 Å². The third kappa shape index (κ3) is 7.26. The number of rotatable bonds is 8. The molecule has 0 radical (unpaired) electrons. The number of ether oxygens (including phenoxy) is 2. The number of carbonyl (C=O) groups is 2. The van der Waals surface area contributed by atoms with Crippen molar-refractivity contribution in [2.75, 3.05) is 13.7 Å². The lowest BCUT2D eigenvalue weighted by molar-refractivity contribution is -0.142. The molecule has 0 aliphatic carbocycles. The summed E-state index contributed by atoms with van der Waals surface area (Å²) in [5, 5.41) is 3.49. The molecule has 0 spiro atoms. The first-order valence-electron chi connectivity index (χ1n) is 9.72. The Morgan fingerprint density at radius 3 is 2.30 bits per heavy atom. The fourth-order valence-corrected chi connectivity index (χ4v) is 3.00. The van der Waals surface area contributed by atoms with E-state index in [1.54, 1.807) is 50.4 Å². The molecule has 2 rings (SSSR count). The van der Waals surface area contributed by atoms with Gasteiger partial charge in [-0.05, 0) is 69.7 Å². The lowest BCUT2D eigenvalue weighted by atomic mass is 10.1. The second-order valence-corrected chi connectivity index (χ2v) is 8.47. The van der Waals surface area contributed by atoms with Gasteiger partial charge in [-0.3, -0.25) is 9.59 Å². The second kappa shape index (κ2) is 10.3. The second-order valence-electron chi connectivity index (χ2n) is 8.03. The van der Waals surface area contributed by atoms with Crippen LogP contribution in [0.1, 0.15) is 33.3 Å². The Hall–Kier alpha value is -2.73. The summed E-state index contributed by atoms with van der Waals surface area (Å²) >= 11 is 6.09. The number of halogens is 1. The van der Waals surface area contributed by atoms with E-state index in [0.717, 1.165) is 5.56 Å². The average molecular weight is 433 g/mol. The van der Waals surface area contributed by atoms with E-state index in [1.807, 2.05) is 32.9 Å². The summed E-state index contributed by atoms with van der Waals surface area (Å²) in [4.78, 5) is 27.2. The molecule has 0 aliphatic heterocycles. The van der Waals surface area contributed by atoms with Gasteiger partial charge in [0.25, 0.3) is 5.91 Å². The first-order valence-corrected chi connectivity index (χ1v) is 10.1. The van der Waals surface area contributed by atoms with Crippen molar-refractivity contribution in [1.29, 1.82) is 0 Å². The minimum Gasteiger partial charge on any atom is -0.497 e. The maximum atomic E-state index is 13.0. The fraction of sp³-hybridized carbons (Fsp3) is 0.391. The van der Waals surface area contributed by atoms with Crippen LogP contribution >= 0.6 is 11.6 Å². The van der Waals surface area contributed by atoms with Gasteiger partial charge in [0.05, 0.1) is 7.11 Å². The summed E-state index contributed by atoms with van der Waals surface area (Å²) in [6.45, 7) is 7.44. The van der Waals surface area contributed by atoms with Crippen LogP contribution in [0.25, 0.3) is 0 Å². The van der Waals surface area contributed by atoms with E-state index < -0.39 is 11.6 Å². The number of carbonyl (C=O) groups excluding carboxylic acids is 2. The van der Waals surface area contributed by atoms with Crippen molar-refractivity contribution in [3.63, 3.8) is 0 Å². The predicted octanol–water partition coefficient (Wildman–Crippen LogP) is 4.06. The SMILES string of the molecule is COc1ccc(OCC(=O)N(Cc2cccc(Cl)c2)C(C)C(=O)NC(C)(C)C)cc1. The standard InChI is InChI=1S/C23H29ClN2O4/c1-16(22(28)25-23(2,3)4)26(14-17-7-6-8-18(24)13-17)21(27)15-30-20-11-9-19(29-5)10-12-20/h6-13,16H,14-15H2,1-5H3,(H,25,28). The van der Waals surface area contributed by atoms with Gasteiger partial charge in [0, 0.05) is 17.1 Å². The first-order chi connectivity index (χ1) is 14.1. The Morgan fingerprint density at radius 2 is 1.73 bits per heavy atom. The highest BCUT2D eigenvalue weighted by atomic mass is 35.5. The molecule has 1 unspecified atom stereocenters. The molecule has 162 valence electrons. The van der Waals surface area contributed by atoms with E-state index >= 15 is 0 Å². The molecule has 6 nitrogen and oxygen atoms in total. The molecule has 2 aromatic carbocycles. The van der Waals surface area contributed by atoms with Gasteiger partial charge in [-0.2, -0.15) is 0 Å². The number of hydrogen-bond donors (Lipinski definition) is 1. The van der Waals surface area contributed by atoms with Gasteiger partial charge in [-0.1, -0.05) is 23.7 Å². The van der Waals surface area contributed by atoms with Crippen LogP contribution in [-0.4, -0.2) is 42.0 Å². The molecular formula is C23H29ClN2O4. The normalized spacial score (nSPS) is 12.1. The highest BCUT2D eigenvalue weighted by Crippen LogP contribution is 2.18. The Labute approximate surface area is 183 Å². The van der Waals surface area contributed by atoms with E-state index in [1.165, 1.54) is 4.90 Å². The number of nitrogens with zero attached hydrogens (tertiary/aromatic N) is 1. The number of hydrogen-bond acceptors (Lipinski definition) is 4. The topological polar surface area (TPSA) is 67.9 Å². The van der Waals surface area contributed by atoms with Crippen molar-refractivity contribution in [3.8, 4) is 11.5 Å². The Morgan fingerprint density at radius 1 is 1.10 bits per heavy atom. The predicted molar refractivity (Wildman–Crippen MR) is 118 cm³/mol. The Bertz CT molecular complexity index is 862. The summed E-state index contributed by atoms with van der Waals surface area (Å²) in [5.41, 5.74) is 0.422. The molecule has 0 saturated heterocycles. The summed E-state index contributed by atoms with van der Waals surface area (Å²) in [6, 6.07) is 13.5. The van der Waals surface area contributed by atoms with Crippen molar-refractivity contribution >= 4 is 23.4 Å². The third-order valence-corrected chi connectivity index (χ3v) is 4.56. The number of methoxy groups -OCH3 is 1. The van der Waals surface area contributed by atoms with Crippen LogP contribution < -0.4 is 14.8 Å². The quantitative estimate of drug-likeness (QED) is 0.683. The highest BCUT2D eigenvalue weighted by Gasteiger charge is 2.28. The lowest BCUT2D eigenvalue weighted by Crippen LogP contribution is -2.53. The smallest absolute Gasteiger partial charge is 0.261 e. The van der Waals surface area contributed by atoms with Gasteiger partial charge >= 0.3 is 0 Å². The average Bonchev–Trinajstić information content (AvgIpc) is 2.69. The zero-order valence-electron chi connectivity index (χ0n) is 18.1. The van der Waals surface area contributed by atoms with Crippen molar-refractivity contribution in [2.45, 2.75) is 45.8 Å². The van der Waals surface area contributed by atoms with Crippen LogP contribution in [0.3, 0.4) is 0 Å². The van der Waals surface area contributed by atoms with Crippen LogP contribution in [0, 0.1) is 0 Å². The maximum absolute atomic E-state index is 13.0. The van der Waals surface area contributed by atoms with Gasteiger partial charge in [0.15, 0.2) is 6.61 Å². The van der Waals surface area contributed by atoms with Gasteiger partial charge in [0.2, 0.25) is 5.91 Å². The van der Waals surface area contributed by atoms with Crippen molar-refractivity contribution in [1.82, 2.24) is 10.2 Å². The van der Waals surface area contributed by atoms with E-state index in [4.69, 9.17) is 21.1 Å². The molecule has 0 saturated carbocycles. The summed E-state index contributed by atoms with van der Waals surface area (Å²) in [7, 11) is 1.58. The largest absolute Gasteiger partial charge is 0.497 e. The van der Waals surface area contributed by atoms with E-state index in [-0.39, 0.29) is 25.0 Å². The minimum absolute atomic E-state index is 0.194. The van der Waals surface area contributed by atoms with Crippen LogP contribution in [0.2, 0.25) is 5.02 Å². The van der Waals surface area contributed by atoms with Gasteiger partial charge < -0.3 is 19.7 Å². The van der Waals surface area contributed by atoms with Gasteiger partial charge in [-0.25, -0.2) is 0 Å². The molecule has 0 bridgehead atoms. The monoisotopic (exact) mass is 432 g/mol.